The lowest BCUT2D eigenvalue weighted by molar-refractivity contribution is 0.378. The number of benzene rings is 1. The number of allylic oxidation sites excluding steroid dienone is 1. The molecule has 7 heteroatoms. The van der Waals surface area contributed by atoms with Crippen molar-refractivity contribution in [3.05, 3.63) is 62.7 Å². The van der Waals surface area contributed by atoms with Crippen LogP contribution in [0.2, 0.25) is 0 Å². The van der Waals surface area contributed by atoms with Crippen molar-refractivity contribution in [2.45, 2.75) is 19.8 Å². The van der Waals surface area contributed by atoms with Gasteiger partial charge in [0, 0.05) is 15.3 Å². The number of ether oxygens (including phenoxy) is 2. The summed E-state index contributed by atoms with van der Waals surface area (Å²) in [6.45, 7) is 4.14. The van der Waals surface area contributed by atoms with Crippen LogP contribution in [0.1, 0.15) is 26.8 Å². The molecule has 3 aromatic rings. The maximum Gasteiger partial charge on any atom is 0.244 e. The van der Waals surface area contributed by atoms with Gasteiger partial charge in [-0.15, -0.1) is 16.4 Å². The van der Waals surface area contributed by atoms with Gasteiger partial charge in [-0.3, -0.25) is 5.10 Å². The van der Waals surface area contributed by atoms with Crippen LogP contribution in [0.3, 0.4) is 0 Å². The molecule has 1 aliphatic rings. The Bertz CT molecular complexity index is 1100. The van der Waals surface area contributed by atoms with E-state index in [1.54, 1.807) is 18.4 Å². The first-order chi connectivity index (χ1) is 13.0. The largest absolute Gasteiger partial charge is 0.497 e. The van der Waals surface area contributed by atoms with Gasteiger partial charge < -0.3 is 15.2 Å². The van der Waals surface area contributed by atoms with Gasteiger partial charge in [-0.2, -0.15) is 5.26 Å². The molecule has 0 amide bonds. The van der Waals surface area contributed by atoms with Crippen molar-refractivity contribution < 1.29 is 9.47 Å². The molecule has 3 N–H and O–H groups in total. The normalized spacial score (nSPS) is 15.9. The predicted molar refractivity (Wildman–Crippen MR) is 104 cm³/mol. The average molecular weight is 378 g/mol. The number of rotatable bonds is 3. The number of fused-ring (bicyclic) bond motifs is 1. The number of aryl methyl sites for hydroxylation is 2. The van der Waals surface area contributed by atoms with Crippen LogP contribution >= 0.6 is 11.3 Å². The number of nitrogens with one attached hydrogen (secondary N) is 1. The Morgan fingerprint density at radius 2 is 2.15 bits per heavy atom. The molecule has 1 atom stereocenters. The van der Waals surface area contributed by atoms with E-state index in [-0.39, 0.29) is 11.8 Å². The van der Waals surface area contributed by atoms with Crippen LogP contribution in [0.5, 0.6) is 11.6 Å². The van der Waals surface area contributed by atoms with Crippen LogP contribution in [-0.4, -0.2) is 17.3 Å². The van der Waals surface area contributed by atoms with E-state index in [4.69, 9.17) is 15.2 Å². The Hall–Kier alpha value is -3.24. The highest BCUT2D eigenvalue weighted by Gasteiger charge is 2.36. The number of aromatic amines is 1. The average Bonchev–Trinajstić information content (AvgIpc) is 3.22. The molecule has 0 radical (unpaired) electrons. The van der Waals surface area contributed by atoms with E-state index in [1.807, 2.05) is 24.3 Å². The summed E-state index contributed by atoms with van der Waals surface area (Å²) in [5.41, 5.74) is 10.0. The van der Waals surface area contributed by atoms with Crippen LogP contribution in [0, 0.1) is 25.2 Å². The van der Waals surface area contributed by atoms with E-state index in [2.05, 4.69) is 36.2 Å². The molecular formula is C20H18N4O2S. The van der Waals surface area contributed by atoms with Gasteiger partial charge in [-0.05, 0) is 37.6 Å². The smallest absolute Gasteiger partial charge is 0.244 e. The van der Waals surface area contributed by atoms with Gasteiger partial charge in [0.15, 0.2) is 0 Å². The molecular weight excluding hydrogens is 360 g/mol. The summed E-state index contributed by atoms with van der Waals surface area (Å²) in [6.07, 6.45) is 0. The minimum absolute atomic E-state index is 0.0779. The molecule has 0 aliphatic carbocycles. The highest BCUT2D eigenvalue weighted by molar-refractivity contribution is 7.12. The van der Waals surface area contributed by atoms with E-state index in [9.17, 15) is 5.26 Å². The fourth-order valence-corrected chi connectivity index (χ4v) is 4.41. The summed E-state index contributed by atoms with van der Waals surface area (Å²) >= 11 is 1.72. The molecule has 0 saturated heterocycles. The molecule has 4 rings (SSSR count). The Balaban J connectivity index is 1.97. The van der Waals surface area contributed by atoms with Gasteiger partial charge >= 0.3 is 0 Å². The van der Waals surface area contributed by atoms with Crippen molar-refractivity contribution in [3.8, 4) is 29.0 Å². The van der Waals surface area contributed by atoms with Gasteiger partial charge in [0.1, 0.15) is 17.4 Å². The van der Waals surface area contributed by atoms with Crippen LogP contribution in [0.15, 0.2) is 41.8 Å². The molecule has 3 heterocycles. The molecule has 6 nitrogen and oxygen atoms in total. The van der Waals surface area contributed by atoms with E-state index in [1.165, 1.54) is 9.75 Å². The zero-order valence-electron chi connectivity index (χ0n) is 15.2. The maximum absolute atomic E-state index is 9.78. The summed E-state index contributed by atoms with van der Waals surface area (Å²) in [4.78, 5) is 2.38. The zero-order valence-corrected chi connectivity index (χ0v) is 16.0. The van der Waals surface area contributed by atoms with Crippen LogP contribution in [0.25, 0.3) is 11.3 Å². The second-order valence-corrected chi connectivity index (χ2v) is 7.81. The topological polar surface area (TPSA) is 96.9 Å². The molecule has 0 spiro atoms. The number of nitrogens with zero attached hydrogens (tertiary/aromatic N) is 2. The second-order valence-electron chi connectivity index (χ2n) is 6.35. The van der Waals surface area contributed by atoms with Gasteiger partial charge in [0.25, 0.3) is 0 Å². The molecule has 1 aromatic carbocycles. The van der Waals surface area contributed by atoms with E-state index in [0.29, 0.717) is 17.2 Å². The number of nitriles is 1. The monoisotopic (exact) mass is 378 g/mol. The lowest BCUT2D eigenvalue weighted by atomic mass is 9.83. The van der Waals surface area contributed by atoms with E-state index >= 15 is 0 Å². The molecule has 1 unspecified atom stereocenters. The molecule has 136 valence electrons. The predicted octanol–water partition coefficient (Wildman–Crippen LogP) is 3.98. The lowest BCUT2D eigenvalue weighted by Crippen LogP contribution is -2.21. The van der Waals surface area contributed by atoms with Crippen LogP contribution < -0.4 is 15.2 Å². The molecule has 0 saturated carbocycles. The molecule has 0 fully saturated rings. The standard InChI is InChI=1S/C20H18N4O2S/c1-10-7-14(11(2)27-10)18-17-16(12-5-4-6-13(8-12)25-3)15(9-21)19(22)26-20(17)24-23-18/h4-8,16H,22H2,1-3H3,(H,23,24). The first kappa shape index (κ1) is 17.2. The number of hydrogen-bond donors (Lipinski definition) is 2. The Kier molecular flexibility index (Phi) is 4.13. The Labute approximate surface area is 160 Å². The second kappa shape index (κ2) is 6.49. The van der Waals surface area contributed by atoms with E-state index < -0.39 is 0 Å². The van der Waals surface area contributed by atoms with Crippen LogP contribution in [-0.2, 0) is 0 Å². The van der Waals surface area contributed by atoms with Crippen molar-refractivity contribution in [3.63, 3.8) is 0 Å². The van der Waals surface area contributed by atoms with Crippen LogP contribution in [0.4, 0.5) is 0 Å². The van der Waals surface area contributed by atoms with Gasteiger partial charge in [0.05, 0.1) is 24.3 Å². The molecule has 1 aliphatic heterocycles. The third-order valence-corrected chi connectivity index (χ3v) is 5.64. The van der Waals surface area contributed by atoms with E-state index in [0.717, 1.165) is 22.4 Å². The summed E-state index contributed by atoms with van der Waals surface area (Å²) in [6, 6.07) is 12.0. The summed E-state index contributed by atoms with van der Waals surface area (Å²) < 4.78 is 11.0. The third-order valence-electron chi connectivity index (χ3n) is 4.68. The summed E-state index contributed by atoms with van der Waals surface area (Å²) in [5, 5.41) is 17.2. The fraction of sp³-hybridized carbons (Fsp3) is 0.200. The molecule has 2 aromatic heterocycles. The lowest BCUT2D eigenvalue weighted by Gasteiger charge is -2.24. The van der Waals surface area contributed by atoms with Crippen molar-refractivity contribution in [2.24, 2.45) is 5.73 Å². The minimum Gasteiger partial charge on any atom is -0.497 e. The van der Waals surface area contributed by atoms with Gasteiger partial charge in [0.2, 0.25) is 11.8 Å². The first-order valence-electron chi connectivity index (χ1n) is 8.40. The van der Waals surface area contributed by atoms with Gasteiger partial charge in [-0.1, -0.05) is 12.1 Å². The first-order valence-corrected chi connectivity index (χ1v) is 9.22. The van der Waals surface area contributed by atoms with Crippen molar-refractivity contribution >= 4 is 11.3 Å². The number of hydrogen-bond acceptors (Lipinski definition) is 6. The molecule has 27 heavy (non-hydrogen) atoms. The maximum atomic E-state index is 9.78. The zero-order chi connectivity index (χ0) is 19.1. The number of thiophene rings is 1. The number of methoxy groups -OCH3 is 1. The molecule has 0 bridgehead atoms. The van der Waals surface area contributed by atoms with Crippen molar-refractivity contribution in [2.75, 3.05) is 7.11 Å². The quantitative estimate of drug-likeness (QED) is 0.718. The summed E-state index contributed by atoms with van der Waals surface area (Å²) in [7, 11) is 1.62. The highest BCUT2D eigenvalue weighted by atomic mass is 32.1. The van der Waals surface area contributed by atoms with Crippen molar-refractivity contribution in [1.82, 2.24) is 10.2 Å². The summed E-state index contributed by atoms with van der Waals surface area (Å²) in [5.74, 6) is 0.804. The Morgan fingerprint density at radius 1 is 1.33 bits per heavy atom. The van der Waals surface area contributed by atoms with Crippen molar-refractivity contribution in [1.29, 1.82) is 5.26 Å². The number of H-pyrrole nitrogens is 1. The highest BCUT2D eigenvalue weighted by Crippen LogP contribution is 2.47. The number of aromatic nitrogens is 2. The third kappa shape index (κ3) is 2.75. The SMILES string of the molecule is COc1cccc(C2C(C#N)=C(N)Oc3n[nH]c(-c4cc(C)sc4C)c32)c1. The van der Waals surface area contributed by atoms with Gasteiger partial charge in [-0.25, -0.2) is 0 Å². The fourth-order valence-electron chi connectivity index (χ4n) is 3.48. The Morgan fingerprint density at radius 3 is 2.81 bits per heavy atom. The minimum atomic E-state index is -0.387. The number of nitrogens with two attached hydrogens (primary N) is 1.